The topological polar surface area (TPSA) is 94.6 Å². The predicted molar refractivity (Wildman–Crippen MR) is 152 cm³/mol. The Balaban J connectivity index is 1.43. The van der Waals surface area contributed by atoms with Crippen LogP contribution in [0.15, 0.2) is 41.8 Å². The summed E-state index contributed by atoms with van der Waals surface area (Å²) in [7, 11) is 1.72. The lowest BCUT2D eigenvalue weighted by molar-refractivity contribution is -0.142. The van der Waals surface area contributed by atoms with Crippen LogP contribution in [0.1, 0.15) is 63.4 Å². The number of benzene rings is 2. The lowest BCUT2D eigenvalue weighted by Crippen LogP contribution is -2.59. The maximum atomic E-state index is 14.4. The van der Waals surface area contributed by atoms with Gasteiger partial charge in [0.15, 0.2) is 0 Å². The number of hydrogen-bond donors (Lipinski definition) is 3. The Morgan fingerprint density at radius 3 is 2.59 bits per heavy atom. The zero-order valence-corrected chi connectivity index (χ0v) is 23.6. The first kappa shape index (κ1) is 27.7. The zero-order chi connectivity index (χ0) is 27.7. The number of likely N-dealkylation sites (N-methyl/N-ethyl adjacent to an activating group) is 1. The van der Waals surface area contributed by atoms with Gasteiger partial charge in [-0.3, -0.25) is 9.59 Å². The summed E-state index contributed by atoms with van der Waals surface area (Å²) in [6.07, 6.45) is 3.84. The number of likely N-dealkylation sites (tertiary alicyclic amines) is 1. The average Bonchev–Trinajstić information content (AvgIpc) is 3.63. The highest BCUT2D eigenvalue weighted by Crippen LogP contribution is 2.43. The third-order valence-corrected chi connectivity index (χ3v) is 9.59. The standard InChI is InChI=1S/C30H37FN4O3S/c1-18(32-3)27(37)34-26(30(2)14-12-19(36)13-15-30)29(38)35-16-6-9-25(35)28-33-24(17-39-28)22-10-11-23(31)21-8-5-4-7-20(21)22/h4-5,7-8,10-11,17-19,25-26,32,36H,6,9,12-16H2,1-3H3,(H,34,37)/t18-,19?,25-,26+,30?/m0/s1. The Kier molecular flexibility index (Phi) is 8.03. The van der Waals surface area contributed by atoms with Gasteiger partial charge in [0.2, 0.25) is 11.8 Å². The molecule has 1 aromatic heterocycles. The molecule has 3 aromatic rings. The van der Waals surface area contributed by atoms with Crippen LogP contribution < -0.4 is 10.6 Å². The summed E-state index contributed by atoms with van der Waals surface area (Å²) in [5.41, 5.74) is 1.18. The Bertz CT molecular complexity index is 1350. The van der Waals surface area contributed by atoms with Gasteiger partial charge < -0.3 is 20.6 Å². The summed E-state index contributed by atoms with van der Waals surface area (Å²) in [6, 6.07) is 9.33. The molecule has 0 bridgehead atoms. The molecular weight excluding hydrogens is 515 g/mol. The Morgan fingerprint density at radius 1 is 1.15 bits per heavy atom. The van der Waals surface area contributed by atoms with E-state index in [1.165, 1.54) is 17.4 Å². The van der Waals surface area contributed by atoms with E-state index in [1.54, 1.807) is 26.1 Å². The molecule has 1 saturated carbocycles. The number of nitrogens with zero attached hydrogens (tertiary/aromatic N) is 2. The van der Waals surface area contributed by atoms with Crippen molar-refractivity contribution in [2.24, 2.45) is 5.41 Å². The summed E-state index contributed by atoms with van der Waals surface area (Å²) in [6.45, 7) is 4.43. The molecule has 5 rings (SSSR count). The normalized spacial score (nSPS) is 25.0. The molecule has 9 heteroatoms. The number of aliphatic hydroxyl groups is 1. The van der Waals surface area contributed by atoms with Crippen molar-refractivity contribution in [1.29, 1.82) is 0 Å². The maximum absolute atomic E-state index is 14.4. The van der Waals surface area contributed by atoms with Crippen LogP contribution in [0.5, 0.6) is 0 Å². The van der Waals surface area contributed by atoms with Gasteiger partial charge in [0, 0.05) is 22.9 Å². The smallest absolute Gasteiger partial charge is 0.246 e. The molecule has 39 heavy (non-hydrogen) atoms. The van der Waals surface area contributed by atoms with E-state index in [9.17, 15) is 19.1 Å². The van der Waals surface area contributed by atoms with Crippen molar-refractivity contribution in [1.82, 2.24) is 20.5 Å². The number of fused-ring (bicyclic) bond motifs is 1. The molecule has 2 heterocycles. The van der Waals surface area contributed by atoms with Crippen LogP contribution in [-0.2, 0) is 9.59 Å². The molecule has 1 saturated heterocycles. The van der Waals surface area contributed by atoms with Crippen LogP contribution in [0.25, 0.3) is 22.0 Å². The Hall–Kier alpha value is -2.88. The van der Waals surface area contributed by atoms with Crippen molar-refractivity contribution >= 4 is 33.9 Å². The monoisotopic (exact) mass is 552 g/mol. The van der Waals surface area contributed by atoms with Crippen molar-refractivity contribution in [2.75, 3.05) is 13.6 Å². The summed E-state index contributed by atoms with van der Waals surface area (Å²) in [5.74, 6) is -0.558. The second kappa shape index (κ2) is 11.3. The molecule has 7 nitrogen and oxygen atoms in total. The van der Waals surface area contributed by atoms with Gasteiger partial charge in [-0.05, 0) is 75.4 Å². The largest absolute Gasteiger partial charge is 0.393 e. The zero-order valence-electron chi connectivity index (χ0n) is 22.7. The lowest BCUT2D eigenvalue weighted by atomic mass is 9.69. The highest BCUT2D eigenvalue weighted by atomic mass is 32.1. The van der Waals surface area contributed by atoms with E-state index in [0.29, 0.717) is 37.6 Å². The van der Waals surface area contributed by atoms with Crippen molar-refractivity contribution in [2.45, 2.75) is 76.6 Å². The van der Waals surface area contributed by atoms with E-state index in [-0.39, 0.29) is 29.8 Å². The SMILES string of the molecule is CN[C@@H](C)C(=O)N[C@H](C(=O)N1CCC[C@H]1c1nc(-c2ccc(F)c3ccccc23)cs1)C1(C)CCC(O)CC1. The fourth-order valence-electron chi connectivity index (χ4n) is 5.99. The van der Waals surface area contributed by atoms with E-state index in [1.807, 2.05) is 28.5 Å². The molecule has 2 aromatic carbocycles. The molecule has 0 radical (unpaired) electrons. The predicted octanol–water partition coefficient (Wildman–Crippen LogP) is 4.80. The van der Waals surface area contributed by atoms with E-state index in [2.05, 4.69) is 17.6 Å². The Labute approximate surface area is 232 Å². The third kappa shape index (κ3) is 5.44. The fraction of sp³-hybridized carbons (Fsp3) is 0.500. The van der Waals surface area contributed by atoms with Crippen LogP contribution in [0.4, 0.5) is 4.39 Å². The summed E-state index contributed by atoms with van der Waals surface area (Å²) in [4.78, 5) is 34.0. The summed E-state index contributed by atoms with van der Waals surface area (Å²) >= 11 is 1.52. The number of aliphatic hydroxyl groups excluding tert-OH is 1. The van der Waals surface area contributed by atoms with Crippen LogP contribution in [0.3, 0.4) is 0 Å². The van der Waals surface area contributed by atoms with Crippen LogP contribution in [-0.4, -0.2) is 58.6 Å². The lowest BCUT2D eigenvalue weighted by Gasteiger charge is -2.43. The quantitative estimate of drug-likeness (QED) is 0.392. The molecule has 0 unspecified atom stereocenters. The minimum absolute atomic E-state index is 0.0861. The molecule has 208 valence electrons. The van der Waals surface area contributed by atoms with Crippen molar-refractivity contribution in [3.05, 3.63) is 52.6 Å². The first-order valence-corrected chi connectivity index (χ1v) is 14.7. The first-order chi connectivity index (χ1) is 18.7. The van der Waals surface area contributed by atoms with Gasteiger partial charge in [0.25, 0.3) is 0 Å². The number of amides is 2. The Morgan fingerprint density at radius 2 is 1.87 bits per heavy atom. The third-order valence-electron chi connectivity index (χ3n) is 8.64. The molecule has 2 aliphatic rings. The summed E-state index contributed by atoms with van der Waals surface area (Å²) < 4.78 is 14.4. The average molecular weight is 553 g/mol. The molecule has 3 atom stereocenters. The van der Waals surface area contributed by atoms with Gasteiger partial charge in [-0.15, -0.1) is 11.3 Å². The highest BCUT2D eigenvalue weighted by molar-refractivity contribution is 7.10. The number of hydrogen-bond acceptors (Lipinski definition) is 6. The van der Waals surface area contributed by atoms with Gasteiger partial charge in [-0.1, -0.05) is 31.2 Å². The highest BCUT2D eigenvalue weighted by Gasteiger charge is 2.46. The number of carbonyl (C=O) groups excluding carboxylic acids is 2. The van der Waals surface area contributed by atoms with E-state index >= 15 is 0 Å². The molecule has 3 N–H and O–H groups in total. The maximum Gasteiger partial charge on any atom is 0.246 e. The first-order valence-electron chi connectivity index (χ1n) is 13.8. The van der Waals surface area contributed by atoms with Crippen molar-refractivity contribution in [3.8, 4) is 11.3 Å². The van der Waals surface area contributed by atoms with E-state index in [0.717, 1.165) is 34.5 Å². The van der Waals surface area contributed by atoms with Gasteiger partial charge in [0.1, 0.15) is 16.9 Å². The molecule has 2 fully saturated rings. The number of thiazole rings is 1. The fourth-order valence-corrected chi connectivity index (χ4v) is 6.95. The van der Waals surface area contributed by atoms with Crippen LogP contribution in [0, 0.1) is 11.2 Å². The number of nitrogens with one attached hydrogen (secondary N) is 2. The number of halogens is 1. The number of carbonyl (C=O) groups is 2. The second-order valence-electron chi connectivity index (χ2n) is 11.2. The minimum atomic E-state index is -0.686. The van der Waals surface area contributed by atoms with Gasteiger partial charge in [-0.25, -0.2) is 9.37 Å². The molecule has 1 aliphatic heterocycles. The number of rotatable bonds is 7. The van der Waals surface area contributed by atoms with E-state index in [4.69, 9.17) is 4.98 Å². The summed E-state index contributed by atoms with van der Waals surface area (Å²) in [5, 5.41) is 20.4. The van der Waals surface area contributed by atoms with Crippen LogP contribution >= 0.6 is 11.3 Å². The number of aromatic nitrogens is 1. The molecule has 2 amide bonds. The van der Waals surface area contributed by atoms with Gasteiger partial charge >= 0.3 is 0 Å². The molecule has 0 spiro atoms. The second-order valence-corrected chi connectivity index (χ2v) is 12.1. The molecular formula is C30H37FN4O3S. The van der Waals surface area contributed by atoms with Crippen LogP contribution in [0.2, 0.25) is 0 Å². The molecule has 1 aliphatic carbocycles. The van der Waals surface area contributed by atoms with Gasteiger partial charge in [-0.2, -0.15) is 0 Å². The van der Waals surface area contributed by atoms with Crippen molar-refractivity contribution < 1.29 is 19.1 Å². The van der Waals surface area contributed by atoms with E-state index < -0.39 is 17.5 Å². The van der Waals surface area contributed by atoms with Crippen molar-refractivity contribution in [3.63, 3.8) is 0 Å². The minimum Gasteiger partial charge on any atom is -0.393 e. The van der Waals surface area contributed by atoms with Gasteiger partial charge in [0.05, 0.1) is 23.9 Å².